The fourth-order valence-corrected chi connectivity index (χ4v) is 8.85. The first-order valence-corrected chi connectivity index (χ1v) is 17.4. The summed E-state index contributed by atoms with van der Waals surface area (Å²) in [6.07, 6.45) is 0.908. The number of esters is 2. The van der Waals surface area contributed by atoms with Gasteiger partial charge in [-0.15, -0.1) is 0 Å². The summed E-state index contributed by atoms with van der Waals surface area (Å²) in [6.45, 7) is 3.95. The van der Waals surface area contributed by atoms with Crippen LogP contribution in [0, 0.1) is 11.8 Å². The van der Waals surface area contributed by atoms with Crippen molar-refractivity contribution >= 4 is 11.9 Å². The average Bonchev–Trinajstić information content (AvgIpc) is 3.61. The molecular formula is C46H38O4. The topological polar surface area (TPSA) is 52.6 Å². The van der Waals surface area contributed by atoms with Gasteiger partial charge in [-0.2, -0.15) is 0 Å². The van der Waals surface area contributed by atoms with Gasteiger partial charge in [-0.05, 0) is 81.6 Å². The monoisotopic (exact) mass is 654 g/mol. The molecule has 0 bridgehead atoms. The molecule has 0 N–H and O–H groups in total. The van der Waals surface area contributed by atoms with Gasteiger partial charge in [0, 0.05) is 10.8 Å². The second-order valence-corrected chi connectivity index (χ2v) is 13.7. The maximum Gasteiger partial charge on any atom is 0.314 e. The van der Waals surface area contributed by atoms with Gasteiger partial charge in [0.1, 0.15) is 11.5 Å². The quantitative estimate of drug-likeness (QED) is 0.115. The molecule has 2 atom stereocenters. The molecule has 0 heterocycles. The average molecular weight is 655 g/mol. The molecule has 0 amide bonds. The van der Waals surface area contributed by atoms with Crippen LogP contribution in [0.1, 0.15) is 48.9 Å². The maximum absolute atomic E-state index is 14.1. The maximum atomic E-state index is 14.1. The van der Waals surface area contributed by atoms with Gasteiger partial charge in [-0.25, -0.2) is 0 Å². The molecule has 0 radical (unpaired) electrons. The summed E-state index contributed by atoms with van der Waals surface area (Å²) in [5.74, 6) is -0.536. The molecule has 2 aliphatic carbocycles. The predicted molar refractivity (Wildman–Crippen MR) is 197 cm³/mol. The van der Waals surface area contributed by atoms with E-state index in [1.807, 2.05) is 74.5 Å². The largest absolute Gasteiger partial charge is 0.426 e. The van der Waals surface area contributed by atoms with Crippen LogP contribution in [-0.2, 0) is 20.4 Å². The molecule has 4 heteroatoms. The van der Waals surface area contributed by atoms with Crippen molar-refractivity contribution in [2.45, 2.75) is 37.5 Å². The first-order valence-electron chi connectivity index (χ1n) is 17.4. The first kappa shape index (κ1) is 31.5. The molecule has 0 aliphatic heterocycles. The van der Waals surface area contributed by atoms with E-state index in [1.165, 1.54) is 0 Å². The van der Waals surface area contributed by atoms with Crippen molar-refractivity contribution in [1.82, 2.24) is 0 Å². The van der Waals surface area contributed by atoms with Gasteiger partial charge >= 0.3 is 11.9 Å². The van der Waals surface area contributed by atoms with Crippen molar-refractivity contribution in [2.75, 3.05) is 0 Å². The fourth-order valence-electron chi connectivity index (χ4n) is 8.85. The Kier molecular flexibility index (Phi) is 7.95. The number of ether oxygens (including phenoxy) is 2. The lowest BCUT2D eigenvalue weighted by Crippen LogP contribution is -2.52. The van der Waals surface area contributed by atoms with Crippen LogP contribution >= 0.6 is 0 Å². The summed E-state index contributed by atoms with van der Waals surface area (Å²) in [5.41, 5.74) is 7.65. The second kappa shape index (κ2) is 12.6. The molecule has 6 aromatic rings. The zero-order chi connectivity index (χ0) is 34.3. The zero-order valence-corrected chi connectivity index (χ0v) is 28.2. The number of hydrogen-bond acceptors (Lipinski definition) is 4. The second-order valence-electron chi connectivity index (χ2n) is 13.7. The molecule has 4 nitrogen and oxygen atoms in total. The summed E-state index contributed by atoms with van der Waals surface area (Å²) >= 11 is 0. The van der Waals surface area contributed by atoms with Crippen molar-refractivity contribution in [3.8, 4) is 33.8 Å². The smallest absolute Gasteiger partial charge is 0.314 e. The van der Waals surface area contributed by atoms with Crippen LogP contribution in [0.3, 0.4) is 0 Å². The zero-order valence-electron chi connectivity index (χ0n) is 28.2. The highest BCUT2D eigenvalue weighted by atomic mass is 16.5. The Balaban J connectivity index is 1.38. The van der Waals surface area contributed by atoms with Crippen LogP contribution in [0.15, 0.2) is 158 Å². The molecule has 2 aliphatic rings. The van der Waals surface area contributed by atoms with Crippen molar-refractivity contribution < 1.29 is 19.1 Å². The van der Waals surface area contributed by atoms with Crippen LogP contribution < -0.4 is 9.47 Å². The Morgan fingerprint density at radius 3 is 0.980 bits per heavy atom. The lowest BCUT2D eigenvalue weighted by atomic mass is 9.49. The Morgan fingerprint density at radius 1 is 0.420 bits per heavy atom. The Hall–Kier alpha value is -5.74. The van der Waals surface area contributed by atoms with Crippen molar-refractivity contribution in [3.05, 3.63) is 180 Å². The minimum absolute atomic E-state index is 0.288. The summed E-state index contributed by atoms with van der Waals surface area (Å²) < 4.78 is 12.0. The van der Waals surface area contributed by atoms with E-state index in [2.05, 4.69) is 97.1 Å². The third kappa shape index (κ3) is 4.89. The Morgan fingerprint density at radius 2 is 0.680 bits per heavy atom. The lowest BCUT2D eigenvalue weighted by Gasteiger charge is -2.51. The van der Waals surface area contributed by atoms with E-state index in [9.17, 15) is 9.59 Å². The molecular weight excluding hydrogens is 617 g/mol. The summed E-state index contributed by atoms with van der Waals surface area (Å²) in [4.78, 5) is 28.2. The van der Waals surface area contributed by atoms with Gasteiger partial charge in [0.25, 0.3) is 0 Å². The highest BCUT2D eigenvalue weighted by Crippen LogP contribution is 2.68. The SMILES string of the molecule is CC(CC1(C2(CC(C)C(=O)Oc3ccccc3)c3ccccc3-c3ccccc32)c2ccccc2-c2ccccc21)C(=O)Oc1ccccc1. The van der Waals surface area contributed by atoms with Gasteiger partial charge in [0.2, 0.25) is 0 Å². The number of rotatable bonds is 9. The molecule has 0 spiro atoms. The number of para-hydroxylation sites is 2. The normalized spacial score (nSPS) is 15.5. The third-order valence-corrected chi connectivity index (χ3v) is 10.8. The molecule has 0 fully saturated rings. The predicted octanol–water partition coefficient (Wildman–Crippen LogP) is 10.2. The van der Waals surface area contributed by atoms with Gasteiger partial charge < -0.3 is 9.47 Å². The molecule has 50 heavy (non-hydrogen) atoms. The van der Waals surface area contributed by atoms with Crippen LogP contribution in [-0.4, -0.2) is 11.9 Å². The summed E-state index contributed by atoms with van der Waals surface area (Å²) in [5, 5.41) is 0. The summed E-state index contributed by atoms with van der Waals surface area (Å²) in [6, 6.07) is 52.9. The fraction of sp³-hybridized carbons (Fsp3) is 0.174. The van der Waals surface area contributed by atoms with Crippen molar-refractivity contribution in [2.24, 2.45) is 11.8 Å². The van der Waals surface area contributed by atoms with E-state index in [4.69, 9.17) is 9.47 Å². The summed E-state index contributed by atoms with van der Waals surface area (Å²) in [7, 11) is 0. The van der Waals surface area contributed by atoms with Crippen LogP contribution in [0.5, 0.6) is 11.5 Å². The molecule has 0 saturated carbocycles. The van der Waals surface area contributed by atoms with E-state index in [0.29, 0.717) is 24.3 Å². The van der Waals surface area contributed by atoms with E-state index < -0.39 is 22.7 Å². The highest BCUT2D eigenvalue weighted by molar-refractivity contribution is 5.90. The van der Waals surface area contributed by atoms with Crippen LogP contribution in [0.4, 0.5) is 0 Å². The van der Waals surface area contributed by atoms with Crippen molar-refractivity contribution in [3.63, 3.8) is 0 Å². The minimum Gasteiger partial charge on any atom is -0.426 e. The molecule has 0 saturated heterocycles. The third-order valence-electron chi connectivity index (χ3n) is 10.8. The van der Waals surface area contributed by atoms with Crippen LogP contribution in [0.2, 0.25) is 0 Å². The first-order chi connectivity index (χ1) is 24.4. The minimum atomic E-state index is -0.765. The number of benzene rings is 6. The van der Waals surface area contributed by atoms with Gasteiger partial charge in [-0.3, -0.25) is 9.59 Å². The highest BCUT2D eigenvalue weighted by Gasteiger charge is 2.63. The van der Waals surface area contributed by atoms with E-state index >= 15 is 0 Å². The molecule has 6 aromatic carbocycles. The number of hydrogen-bond donors (Lipinski definition) is 0. The molecule has 8 rings (SSSR count). The van der Waals surface area contributed by atoms with Gasteiger partial charge in [0.15, 0.2) is 0 Å². The molecule has 246 valence electrons. The van der Waals surface area contributed by atoms with Crippen LogP contribution in [0.25, 0.3) is 22.3 Å². The number of carbonyl (C=O) groups excluding carboxylic acids is 2. The van der Waals surface area contributed by atoms with Crippen molar-refractivity contribution in [1.29, 1.82) is 0 Å². The van der Waals surface area contributed by atoms with E-state index in [1.54, 1.807) is 0 Å². The lowest BCUT2D eigenvalue weighted by molar-refractivity contribution is -0.140. The van der Waals surface area contributed by atoms with Gasteiger partial charge in [0.05, 0.1) is 11.8 Å². The molecule has 2 unspecified atom stereocenters. The number of carbonyl (C=O) groups is 2. The van der Waals surface area contributed by atoms with Gasteiger partial charge in [-0.1, -0.05) is 147 Å². The Labute approximate surface area is 293 Å². The van der Waals surface area contributed by atoms with E-state index in [0.717, 1.165) is 44.5 Å². The van der Waals surface area contributed by atoms with E-state index in [-0.39, 0.29) is 11.9 Å². The standard InChI is InChI=1S/C46H38O4/c1-31(43(47)49-33-17-5-3-6-18-33)29-45(39-25-13-9-21-35(39)36-22-10-14-26-40(36)45)46(30-32(2)44(48)50-34-19-7-4-8-20-34)41-27-15-11-23-37(41)38-24-12-16-28-42(38)46/h3-28,31-32H,29-30H2,1-2H3. The number of fused-ring (bicyclic) bond motifs is 6. The molecule has 0 aromatic heterocycles. The Bertz CT molecular complexity index is 1950.